The summed E-state index contributed by atoms with van der Waals surface area (Å²) in [4.78, 5) is 12.7. The molecule has 25 heavy (non-hydrogen) atoms. The molecule has 3 N–H and O–H groups in total. The maximum absolute atomic E-state index is 11.0. The second kappa shape index (κ2) is 7.97. The van der Waals surface area contributed by atoms with Crippen LogP contribution in [-0.2, 0) is 9.53 Å². The maximum atomic E-state index is 11.0. The lowest BCUT2D eigenvalue weighted by Crippen LogP contribution is -2.42. The average molecular weight is 348 g/mol. The van der Waals surface area contributed by atoms with Gasteiger partial charge in [-0.1, -0.05) is 0 Å². The number of carbonyl (C=O) groups is 1. The first-order valence-corrected chi connectivity index (χ1v) is 8.50. The van der Waals surface area contributed by atoms with Crippen molar-refractivity contribution in [3.63, 3.8) is 0 Å². The smallest absolute Gasteiger partial charge is 0.221 e. The lowest BCUT2D eigenvalue weighted by atomic mass is 10.00. The third-order valence-electron chi connectivity index (χ3n) is 4.44. The molecule has 136 valence electrons. The normalized spacial score (nSPS) is 24.8. The van der Waals surface area contributed by atoms with E-state index in [-0.39, 0.29) is 5.91 Å². The predicted molar refractivity (Wildman–Crippen MR) is 91.7 cm³/mol. The molecular weight excluding hydrogens is 324 g/mol. The minimum atomic E-state index is -0.979. The molecule has 2 aliphatic heterocycles. The van der Waals surface area contributed by atoms with Crippen LogP contribution in [0.15, 0.2) is 36.1 Å². The van der Waals surface area contributed by atoms with Gasteiger partial charge in [0.05, 0.1) is 0 Å². The van der Waals surface area contributed by atoms with E-state index in [1.54, 1.807) is 29.2 Å². The second-order valence-electron chi connectivity index (χ2n) is 6.42. The van der Waals surface area contributed by atoms with E-state index >= 15 is 0 Å². The van der Waals surface area contributed by atoms with E-state index in [9.17, 15) is 15.0 Å². The molecule has 2 unspecified atom stereocenters. The molecule has 2 heterocycles. The van der Waals surface area contributed by atoms with Crippen molar-refractivity contribution < 1.29 is 24.5 Å². The first-order valence-electron chi connectivity index (χ1n) is 8.50. The molecular formula is C18H24N2O5. The van der Waals surface area contributed by atoms with Crippen LogP contribution in [-0.4, -0.2) is 53.2 Å². The molecule has 2 atom stereocenters. The highest BCUT2D eigenvalue weighted by atomic mass is 16.5. The highest BCUT2D eigenvalue weighted by Gasteiger charge is 2.35. The number of hydrogen-bond acceptors (Lipinski definition) is 6. The Morgan fingerprint density at radius 1 is 1.28 bits per heavy atom. The zero-order valence-electron chi connectivity index (χ0n) is 14.2. The van der Waals surface area contributed by atoms with Crippen molar-refractivity contribution >= 4 is 11.6 Å². The van der Waals surface area contributed by atoms with Crippen molar-refractivity contribution in [2.75, 3.05) is 25.1 Å². The maximum Gasteiger partial charge on any atom is 0.221 e. The summed E-state index contributed by atoms with van der Waals surface area (Å²) in [6.07, 6.45) is 1.53. The number of carbonyl (C=O) groups excluding carboxylic acids is 1. The van der Waals surface area contributed by atoms with Crippen molar-refractivity contribution in [1.29, 1.82) is 0 Å². The lowest BCUT2D eigenvalue weighted by molar-refractivity contribution is -0.114. The highest BCUT2D eigenvalue weighted by molar-refractivity contribution is 5.88. The summed E-state index contributed by atoms with van der Waals surface area (Å²) >= 11 is 0. The molecule has 2 aliphatic rings. The van der Waals surface area contributed by atoms with E-state index in [0.717, 1.165) is 26.1 Å². The number of benzene rings is 1. The Hall–Kier alpha value is -1.93. The van der Waals surface area contributed by atoms with E-state index in [1.807, 2.05) is 0 Å². The Bertz CT molecular complexity index is 625. The molecule has 7 nitrogen and oxygen atoms in total. The minimum absolute atomic E-state index is 0.144. The predicted octanol–water partition coefficient (Wildman–Crippen LogP) is 1.29. The van der Waals surface area contributed by atoms with Gasteiger partial charge >= 0.3 is 0 Å². The van der Waals surface area contributed by atoms with Crippen molar-refractivity contribution in [1.82, 2.24) is 4.90 Å². The first-order chi connectivity index (χ1) is 12.0. The van der Waals surface area contributed by atoms with Gasteiger partial charge in [0, 0.05) is 38.4 Å². The van der Waals surface area contributed by atoms with E-state index in [2.05, 4.69) is 5.32 Å². The molecule has 0 saturated carbocycles. The van der Waals surface area contributed by atoms with Crippen LogP contribution in [0.25, 0.3) is 0 Å². The first kappa shape index (κ1) is 17.9. The number of amides is 1. The molecule has 1 aromatic rings. The molecule has 0 aromatic heterocycles. The van der Waals surface area contributed by atoms with Crippen molar-refractivity contribution in [3.8, 4) is 5.75 Å². The van der Waals surface area contributed by atoms with E-state index in [0.29, 0.717) is 29.7 Å². The van der Waals surface area contributed by atoms with Gasteiger partial charge in [0.25, 0.3) is 0 Å². The van der Waals surface area contributed by atoms with Gasteiger partial charge < -0.3 is 25.0 Å². The number of hydrogen-bond donors (Lipinski definition) is 3. The van der Waals surface area contributed by atoms with Gasteiger partial charge in [-0.2, -0.15) is 0 Å². The Morgan fingerprint density at radius 2 is 1.96 bits per heavy atom. The summed E-state index contributed by atoms with van der Waals surface area (Å²) in [6.45, 7) is 3.49. The molecule has 0 spiro atoms. The highest BCUT2D eigenvalue weighted by Crippen LogP contribution is 2.28. The molecule has 1 amide bonds. The summed E-state index contributed by atoms with van der Waals surface area (Å²) in [5, 5.41) is 23.4. The van der Waals surface area contributed by atoms with Gasteiger partial charge in [-0.3, -0.25) is 4.79 Å². The number of aliphatic hydroxyl groups excluding tert-OH is 2. The fraction of sp³-hybridized carbons (Fsp3) is 0.500. The van der Waals surface area contributed by atoms with Crippen LogP contribution >= 0.6 is 0 Å². The van der Waals surface area contributed by atoms with Crippen LogP contribution in [0.1, 0.15) is 19.8 Å². The van der Waals surface area contributed by atoms with Gasteiger partial charge in [0.15, 0.2) is 6.23 Å². The summed E-state index contributed by atoms with van der Waals surface area (Å²) in [5.41, 5.74) is 0.668. The topological polar surface area (TPSA) is 91.3 Å². The van der Waals surface area contributed by atoms with Crippen LogP contribution in [0.4, 0.5) is 5.69 Å². The zero-order valence-corrected chi connectivity index (χ0v) is 14.2. The van der Waals surface area contributed by atoms with Crippen molar-refractivity contribution in [2.45, 2.75) is 32.2 Å². The Balaban J connectivity index is 1.59. The van der Waals surface area contributed by atoms with Gasteiger partial charge in [-0.15, -0.1) is 0 Å². The third-order valence-corrected chi connectivity index (χ3v) is 4.44. The van der Waals surface area contributed by atoms with Crippen LogP contribution in [0.2, 0.25) is 0 Å². The largest absolute Gasteiger partial charge is 0.458 e. The monoisotopic (exact) mass is 348 g/mol. The fourth-order valence-electron chi connectivity index (χ4n) is 3.10. The lowest BCUT2D eigenvalue weighted by Gasteiger charge is -2.31. The van der Waals surface area contributed by atoms with Crippen molar-refractivity contribution in [2.24, 2.45) is 5.92 Å². The number of anilines is 1. The summed E-state index contributed by atoms with van der Waals surface area (Å²) in [7, 11) is 0. The summed E-state index contributed by atoms with van der Waals surface area (Å²) in [5.74, 6) is 1.09. The number of aliphatic hydroxyl groups is 2. The SMILES string of the molecule is CC(=O)Nc1ccc(OC2=CC(O)N(CC3CCOCC3)C2O)cc1. The molecule has 0 bridgehead atoms. The van der Waals surface area contributed by atoms with Gasteiger partial charge in [-0.05, 0) is 43.0 Å². The Kier molecular flexibility index (Phi) is 5.70. The van der Waals surface area contributed by atoms with Crippen molar-refractivity contribution in [3.05, 3.63) is 36.1 Å². The van der Waals surface area contributed by atoms with E-state index in [1.165, 1.54) is 13.0 Å². The van der Waals surface area contributed by atoms with Crippen LogP contribution in [0.3, 0.4) is 0 Å². The molecule has 1 aromatic carbocycles. The standard InChI is InChI=1S/C18H24N2O5/c1-12(21)19-14-2-4-15(5-3-14)25-16-10-17(22)20(18(16)23)11-13-6-8-24-9-7-13/h2-5,10,13,17-18,22-23H,6-9,11H2,1H3,(H,19,21). The fourth-order valence-corrected chi connectivity index (χ4v) is 3.10. The van der Waals surface area contributed by atoms with Crippen LogP contribution < -0.4 is 10.1 Å². The number of nitrogens with one attached hydrogen (secondary N) is 1. The molecule has 3 rings (SSSR count). The molecule has 0 aliphatic carbocycles. The van der Waals surface area contributed by atoms with Gasteiger partial charge in [0.2, 0.25) is 5.91 Å². The second-order valence-corrected chi connectivity index (χ2v) is 6.42. The zero-order chi connectivity index (χ0) is 17.8. The summed E-state index contributed by atoms with van der Waals surface area (Å²) < 4.78 is 11.1. The van der Waals surface area contributed by atoms with E-state index in [4.69, 9.17) is 9.47 Å². The van der Waals surface area contributed by atoms with Gasteiger partial charge in [-0.25, -0.2) is 4.90 Å². The van der Waals surface area contributed by atoms with Gasteiger partial charge in [0.1, 0.15) is 17.7 Å². The third kappa shape index (κ3) is 4.58. The quantitative estimate of drug-likeness (QED) is 0.743. The number of rotatable bonds is 5. The molecule has 0 radical (unpaired) electrons. The Labute approximate surface area is 146 Å². The summed E-state index contributed by atoms with van der Waals surface area (Å²) in [6, 6.07) is 6.84. The number of nitrogens with zero attached hydrogens (tertiary/aromatic N) is 1. The average Bonchev–Trinajstić information content (AvgIpc) is 2.85. The molecule has 1 saturated heterocycles. The minimum Gasteiger partial charge on any atom is -0.458 e. The Morgan fingerprint density at radius 3 is 2.60 bits per heavy atom. The van der Waals surface area contributed by atoms with Crippen LogP contribution in [0.5, 0.6) is 5.75 Å². The molecule has 7 heteroatoms. The van der Waals surface area contributed by atoms with E-state index < -0.39 is 12.5 Å². The number of ether oxygens (including phenoxy) is 2. The van der Waals surface area contributed by atoms with Crippen LogP contribution in [0, 0.1) is 5.92 Å². The molecule has 1 fully saturated rings.